The van der Waals surface area contributed by atoms with Gasteiger partial charge < -0.3 is 16.0 Å². The Balaban J connectivity index is 2.04. The first kappa shape index (κ1) is 16.3. The van der Waals surface area contributed by atoms with Crippen LogP contribution in [0.25, 0.3) is 0 Å². The van der Waals surface area contributed by atoms with Crippen molar-refractivity contribution in [1.82, 2.24) is 4.98 Å². The molecule has 1 aromatic heterocycles. The van der Waals surface area contributed by atoms with Gasteiger partial charge in [-0.05, 0) is 24.3 Å². The van der Waals surface area contributed by atoms with Crippen LogP contribution >= 0.6 is 0 Å². The zero-order valence-corrected chi connectivity index (χ0v) is 12.2. The quantitative estimate of drug-likeness (QED) is 0.874. The number of hydrogen-bond donors (Lipinski definition) is 2. The van der Waals surface area contributed by atoms with Crippen molar-refractivity contribution in [3.05, 3.63) is 53.9 Å². The molecule has 2 amide bonds. The molecule has 0 atom stereocenters. The monoisotopic (exact) mass is 320 g/mol. The zero-order chi connectivity index (χ0) is 17.0. The van der Waals surface area contributed by atoms with Gasteiger partial charge in [-0.3, -0.25) is 14.6 Å². The number of aromatic nitrogens is 1. The molecule has 0 aliphatic carbocycles. The van der Waals surface area contributed by atoms with E-state index in [0.717, 1.165) is 12.1 Å². The van der Waals surface area contributed by atoms with Crippen molar-refractivity contribution < 1.29 is 18.4 Å². The fraction of sp³-hybridized carbons (Fsp3) is 0.133. The van der Waals surface area contributed by atoms with Gasteiger partial charge in [-0.25, -0.2) is 8.78 Å². The Morgan fingerprint density at radius 3 is 2.48 bits per heavy atom. The number of primary amides is 1. The number of amides is 2. The average molecular weight is 320 g/mol. The summed E-state index contributed by atoms with van der Waals surface area (Å²) in [6.45, 7) is -0.0969. The van der Waals surface area contributed by atoms with Gasteiger partial charge in [0.15, 0.2) is 0 Å². The van der Waals surface area contributed by atoms with Crippen LogP contribution in [0, 0.1) is 11.6 Å². The highest BCUT2D eigenvalue weighted by Crippen LogP contribution is 2.15. The Morgan fingerprint density at radius 1 is 1.22 bits per heavy atom. The molecule has 1 aromatic carbocycles. The highest BCUT2D eigenvalue weighted by atomic mass is 19.1. The maximum Gasteiger partial charge on any atom is 0.267 e. The summed E-state index contributed by atoms with van der Waals surface area (Å²) in [6, 6.07) is 5.78. The normalized spacial score (nSPS) is 10.2. The Labute approximate surface area is 130 Å². The molecule has 23 heavy (non-hydrogen) atoms. The lowest BCUT2D eigenvalue weighted by molar-refractivity contribution is -0.114. The predicted octanol–water partition coefficient (Wildman–Crippen LogP) is 1.53. The molecule has 1 heterocycles. The molecule has 0 aliphatic heterocycles. The molecule has 3 N–H and O–H groups in total. The molecule has 0 bridgehead atoms. The largest absolute Gasteiger partial charge is 0.365 e. The number of anilines is 2. The van der Waals surface area contributed by atoms with E-state index in [2.05, 4.69) is 10.3 Å². The van der Waals surface area contributed by atoms with Gasteiger partial charge in [0, 0.05) is 30.7 Å². The number of carbonyl (C=O) groups is 2. The standard InChI is InChI=1S/C15H14F2N4O2/c1-21(12-2-3-19-13(7-12)15(18)23)8-14(22)20-11-5-9(16)4-10(17)6-11/h2-7H,8H2,1H3,(H2,18,23)(H,20,22). The highest BCUT2D eigenvalue weighted by molar-refractivity contribution is 5.94. The molecule has 0 unspecified atom stereocenters. The third kappa shape index (κ3) is 4.47. The minimum Gasteiger partial charge on any atom is -0.365 e. The van der Waals surface area contributed by atoms with Crippen LogP contribution in [0.1, 0.15) is 10.5 Å². The number of carbonyl (C=O) groups excluding carboxylic acids is 2. The van der Waals surface area contributed by atoms with Crippen LogP contribution in [-0.2, 0) is 4.79 Å². The number of halogens is 2. The Morgan fingerprint density at radius 2 is 1.87 bits per heavy atom. The molecule has 0 saturated heterocycles. The van der Waals surface area contributed by atoms with Crippen LogP contribution in [-0.4, -0.2) is 30.4 Å². The fourth-order valence-corrected chi connectivity index (χ4v) is 1.92. The second-order valence-electron chi connectivity index (χ2n) is 4.83. The Bertz CT molecular complexity index is 732. The van der Waals surface area contributed by atoms with Crippen LogP contribution in [0.4, 0.5) is 20.2 Å². The minimum absolute atomic E-state index is 0.0217. The lowest BCUT2D eigenvalue weighted by Gasteiger charge is -2.19. The number of hydrogen-bond acceptors (Lipinski definition) is 4. The van der Waals surface area contributed by atoms with Crippen molar-refractivity contribution in [2.45, 2.75) is 0 Å². The number of nitrogens with two attached hydrogens (primary N) is 1. The first-order valence-corrected chi connectivity index (χ1v) is 6.58. The molecule has 8 heteroatoms. The predicted molar refractivity (Wildman–Crippen MR) is 81.0 cm³/mol. The van der Waals surface area contributed by atoms with E-state index < -0.39 is 23.4 Å². The van der Waals surface area contributed by atoms with Gasteiger partial charge in [0.1, 0.15) is 17.3 Å². The topological polar surface area (TPSA) is 88.3 Å². The van der Waals surface area contributed by atoms with Crippen LogP contribution in [0.15, 0.2) is 36.5 Å². The van der Waals surface area contributed by atoms with Gasteiger partial charge in [0.05, 0.1) is 6.54 Å². The zero-order valence-electron chi connectivity index (χ0n) is 12.2. The summed E-state index contributed by atoms with van der Waals surface area (Å²) in [4.78, 5) is 28.4. The summed E-state index contributed by atoms with van der Waals surface area (Å²) in [6.07, 6.45) is 1.39. The lowest BCUT2D eigenvalue weighted by atomic mass is 10.2. The minimum atomic E-state index is -0.783. The van der Waals surface area contributed by atoms with Crippen molar-refractivity contribution in [2.75, 3.05) is 23.8 Å². The van der Waals surface area contributed by atoms with E-state index in [1.165, 1.54) is 12.3 Å². The van der Waals surface area contributed by atoms with Crippen molar-refractivity contribution in [2.24, 2.45) is 5.73 Å². The number of benzene rings is 1. The number of rotatable bonds is 5. The number of pyridine rings is 1. The molecule has 2 aromatic rings. The summed E-state index contributed by atoms with van der Waals surface area (Å²) in [5.74, 6) is -2.72. The van der Waals surface area contributed by atoms with Crippen molar-refractivity contribution in [3.63, 3.8) is 0 Å². The number of nitrogens with zero attached hydrogens (tertiary/aromatic N) is 2. The van der Waals surface area contributed by atoms with E-state index in [1.54, 1.807) is 18.0 Å². The second kappa shape index (κ2) is 6.82. The maximum atomic E-state index is 13.1. The van der Waals surface area contributed by atoms with E-state index >= 15 is 0 Å². The lowest BCUT2D eigenvalue weighted by Crippen LogP contribution is -2.30. The van der Waals surface area contributed by atoms with E-state index in [-0.39, 0.29) is 17.9 Å². The molecular weight excluding hydrogens is 306 g/mol. The SMILES string of the molecule is CN(CC(=O)Nc1cc(F)cc(F)c1)c1ccnc(C(N)=O)c1. The molecule has 0 spiro atoms. The van der Waals surface area contributed by atoms with Crippen molar-refractivity contribution in [1.29, 1.82) is 0 Å². The molecule has 0 fully saturated rings. The van der Waals surface area contributed by atoms with Gasteiger partial charge in [-0.2, -0.15) is 0 Å². The first-order chi connectivity index (χ1) is 10.8. The van der Waals surface area contributed by atoms with Gasteiger partial charge in [0.2, 0.25) is 5.91 Å². The van der Waals surface area contributed by atoms with Crippen molar-refractivity contribution in [3.8, 4) is 0 Å². The third-order valence-electron chi connectivity index (χ3n) is 2.96. The first-order valence-electron chi connectivity index (χ1n) is 6.58. The van der Waals surface area contributed by atoms with E-state index in [4.69, 9.17) is 5.73 Å². The van der Waals surface area contributed by atoms with E-state index in [1.807, 2.05) is 0 Å². The molecule has 0 radical (unpaired) electrons. The van der Waals surface area contributed by atoms with Gasteiger partial charge in [-0.15, -0.1) is 0 Å². The van der Waals surface area contributed by atoms with Gasteiger partial charge in [0.25, 0.3) is 5.91 Å². The maximum absolute atomic E-state index is 13.1. The Kier molecular flexibility index (Phi) is 4.85. The van der Waals surface area contributed by atoms with Crippen molar-refractivity contribution >= 4 is 23.2 Å². The summed E-state index contributed by atoms with van der Waals surface area (Å²) < 4.78 is 26.1. The average Bonchev–Trinajstić information content (AvgIpc) is 2.46. The number of nitrogens with one attached hydrogen (secondary N) is 1. The molecule has 120 valence electrons. The van der Waals surface area contributed by atoms with Crippen LogP contribution in [0.3, 0.4) is 0 Å². The molecule has 0 saturated carbocycles. The smallest absolute Gasteiger partial charge is 0.267 e. The van der Waals surface area contributed by atoms with Crippen LogP contribution in [0.2, 0.25) is 0 Å². The fourth-order valence-electron chi connectivity index (χ4n) is 1.92. The highest BCUT2D eigenvalue weighted by Gasteiger charge is 2.11. The van der Waals surface area contributed by atoms with Gasteiger partial charge >= 0.3 is 0 Å². The van der Waals surface area contributed by atoms with E-state index in [0.29, 0.717) is 11.8 Å². The molecular formula is C15H14F2N4O2. The van der Waals surface area contributed by atoms with Crippen LogP contribution in [0.5, 0.6) is 0 Å². The summed E-state index contributed by atoms with van der Waals surface area (Å²) >= 11 is 0. The number of likely N-dealkylation sites (N-methyl/N-ethyl adjacent to an activating group) is 1. The summed E-state index contributed by atoms with van der Waals surface area (Å²) in [7, 11) is 1.62. The molecule has 0 aliphatic rings. The molecule has 2 rings (SSSR count). The Hall–Kier alpha value is -3.03. The third-order valence-corrected chi connectivity index (χ3v) is 2.96. The molecule has 6 nitrogen and oxygen atoms in total. The van der Waals surface area contributed by atoms with Gasteiger partial charge in [-0.1, -0.05) is 0 Å². The van der Waals surface area contributed by atoms with E-state index in [9.17, 15) is 18.4 Å². The summed E-state index contributed by atoms with van der Waals surface area (Å²) in [5, 5.41) is 2.39. The van der Waals surface area contributed by atoms with Crippen LogP contribution < -0.4 is 16.0 Å². The second-order valence-corrected chi connectivity index (χ2v) is 4.83. The summed E-state index contributed by atoms with van der Waals surface area (Å²) in [5.41, 5.74) is 5.79.